The Morgan fingerprint density at radius 3 is 1.50 bits per heavy atom. The van der Waals surface area contributed by atoms with Crippen LogP contribution in [-0.2, 0) is 0 Å². The third kappa shape index (κ3) is 1.43. The summed E-state index contributed by atoms with van der Waals surface area (Å²) in [4.78, 5) is 0. The third-order valence-corrected chi connectivity index (χ3v) is 2.89. The lowest BCUT2D eigenvalue weighted by molar-refractivity contribution is 1.38. The number of nitrogens with one attached hydrogen (secondary N) is 2. The average molecular weight is 210 g/mol. The maximum Gasteiger partial charge on any atom is 0.0626 e. The first-order valence-electron chi connectivity index (χ1n) is 5.48. The quantitative estimate of drug-likeness (QED) is 0.583. The van der Waals surface area contributed by atoms with Crippen molar-refractivity contribution in [2.24, 2.45) is 0 Å². The predicted molar refractivity (Wildman–Crippen MR) is 68.9 cm³/mol. The molecule has 0 unspecified atom stereocenters. The van der Waals surface area contributed by atoms with E-state index >= 15 is 0 Å². The topological polar surface area (TPSA) is 24.1 Å². The van der Waals surface area contributed by atoms with Crippen LogP contribution in [0.2, 0.25) is 0 Å². The van der Waals surface area contributed by atoms with Crippen LogP contribution in [0.4, 0.5) is 22.7 Å². The van der Waals surface area contributed by atoms with Gasteiger partial charge in [0.05, 0.1) is 22.7 Å². The van der Waals surface area contributed by atoms with E-state index in [0.717, 1.165) is 22.7 Å². The summed E-state index contributed by atoms with van der Waals surface area (Å²) in [6.07, 6.45) is 0. The predicted octanol–water partition coefficient (Wildman–Crippen LogP) is 4.10. The Hall–Kier alpha value is -1.96. The molecule has 2 heteroatoms. The van der Waals surface area contributed by atoms with Crippen molar-refractivity contribution < 1.29 is 0 Å². The summed E-state index contributed by atoms with van der Waals surface area (Å²) in [7, 11) is 0. The maximum absolute atomic E-state index is 3.45. The Labute approximate surface area is 95.3 Å². The Kier molecular flexibility index (Phi) is 1.90. The van der Waals surface area contributed by atoms with Gasteiger partial charge < -0.3 is 10.6 Å². The molecule has 0 aromatic heterocycles. The second-order valence-corrected chi connectivity index (χ2v) is 4.35. The second kappa shape index (κ2) is 3.27. The maximum atomic E-state index is 3.45. The monoisotopic (exact) mass is 210 g/mol. The fourth-order valence-electron chi connectivity index (χ4n) is 2.03. The Morgan fingerprint density at radius 2 is 1.06 bits per heavy atom. The summed E-state index contributed by atoms with van der Waals surface area (Å²) in [5.41, 5.74) is 7.12. The fraction of sp³-hybridized carbons (Fsp3) is 0.143. The first-order chi connectivity index (χ1) is 7.72. The zero-order valence-electron chi connectivity index (χ0n) is 9.46. The Balaban J connectivity index is 2.09. The molecule has 0 saturated carbocycles. The van der Waals surface area contributed by atoms with Gasteiger partial charge in [-0.15, -0.1) is 0 Å². The Bertz CT molecular complexity index is 507. The molecule has 0 bridgehead atoms. The summed E-state index contributed by atoms with van der Waals surface area (Å²) in [6, 6.07) is 12.8. The zero-order chi connectivity index (χ0) is 11.1. The van der Waals surface area contributed by atoms with Crippen LogP contribution in [0.15, 0.2) is 36.4 Å². The van der Waals surface area contributed by atoms with Gasteiger partial charge in [-0.1, -0.05) is 12.1 Å². The smallest absolute Gasteiger partial charge is 0.0626 e. The van der Waals surface area contributed by atoms with Crippen molar-refractivity contribution in [3.05, 3.63) is 47.5 Å². The SMILES string of the molecule is Cc1ccc2c(c1)Nc1ccc(C)cc1N2. The van der Waals surface area contributed by atoms with Crippen molar-refractivity contribution in [2.45, 2.75) is 13.8 Å². The van der Waals surface area contributed by atoms with Gasteiger partial charge in [-0.2, -0.15) is 0 Å². The molecule has 80 valence electrons. The van der Waals surface area contributed by atoms with Gasteiger partial charge in [0.2, 0.25) is 0 Å². The highest BCUT2D eigenvalue weighted by Gasteiger charge is 2.13. The molecule has 2 aromatic carbocycles. The molecule has 0 spiro atoms. The van der Waals surface area contributed by atoms with Crippen molar-refractivity contribution in [1.82, 2.24) is 0 Å². The van der Waals surface area contributed by atoms with E-state index in [1.807, 2.05) is 0 Å². The molecule has 0 atom stereocenters. The normalized spacial score (nSPS) is 12.1. The van der Waals surface area contributed by atoms with Crippen LogP contribution < -0.4 is 10.6 Å². The van der Waals surface area contributed by atoms with Crippen molar-refractivity contribution in [1.29, 1.82) is 0 Å². The first kappa shape index (κ1) is 9.28. The first-order valence-corrected chi connectivity index (χ1v) is 5.48. The summed E-state index contributed by atoms with van der Waals surface area (Å²) in [5, 5.41) is 6.89. The van der Waals surface area contributed by atoms with E-state index < -0.39 is 0 Å². The molecule has 0 fully saturated rings. The van der Waals surface area contributed by atoms with Crippen LogP contribution in [0.3, 0.4) is 0 Å². The van der Waals surface area contributed by atoms with E-state index in [-0.39, 0.29) is 0 Å². The van der Waals surface area contributed by atoms with Crippen LogP contribution in [0.25, 0.3) is 0 Å². The van der Waals surface area contributed by atoms with E-state index in [4.69, 9.17) is 0 Å². The lowest BCUT2D eigenvalue weighted by atomic mass is 10.1. The van der Waals surface area contributed by atoms with Crippen molar-refractivity contribution in [3.8, 4) is 0 Å². The standard InChI is InChI=1S/C14H14N2/c1-9-3-5-11-13(7-9)15-12-6-4-10(2)8-14(12)16-11/h3-8,15-16H,1-2H3. The second-order valence-electron chi connectivity index (χ2n) is 4.35. The molecule has 1 heterocycles. The average Bonchev–Trinajstić information content (AvgIpc) is 2.26. The highest BCUT2D eigenvalue weighted by Crippen LogP contribution is 2.38. The minimum Gasteiger partial charge on any atom is -0.352 e. The minimum atomic E-state index is 1.14. The minimum absolute atomic E-state index is 1.14. The van der Waals surface area contributed by atoms with Gasteiger partial charge in [-0.05, 0) is 49.2 Å². The lowest BCUT2D eigenvalue weighted by Gasteiger charge is -2.23. The molecule has 2 N–H and O–H groups in total. The van der Waals surface area contributed by atoms with Crippen LogP contribution >= 0.6 is 0 Å². The van der Waals surface area contributed by atoms with Crippen LogP contribution in [0.5, 0.6) is 0 Å². The van der Waals surface area contributed by atoms with E-state index in [9.17, 15) is 0 Å². The summed E-state index contributed by atoms with van der Waals surface area (Å²) in [5.74, 6) is 0. The van der Waals surface area contributed by atoms with E-state index in [1.165, 1.54) is 11.1 Å². The molecule has 1 aliphatic rings. The fourth-order valence-corrected chi connectivity index (χ4v) is 2.03. The van der Waals surface area contributed by atoms with Gasteiger partial charge in [0.1, 0.15) is 0 Å². The number of hydrogen-bond acceptors (Lipinski definition) is 2. The molecule has 0 radical (unpaired) electrons. The van der Waals surface area contributed by atoms with E-state index in [1.54, 1.807) is 0 Å². The molecule has 3 rings (SSSR count). The van der Waals surface area contributed by atoms with Crippen molar-refractivity contribution >= 4 is 22.7 Å². The molecule has 1 aliphatic heterocycles. The molecule has 0 aliphatic carbocycles. The summed E-state index contributed by atoms with van der Waals surface area (Å²) < 4.78 is 0. The van der Waals surface area contributed by atoms with Gasteiger partial charge in [0, 0.05) is 0 Å². The number of rotatable bonds is 0. The molecular weight excluding hydrogens is 196 g/mol. The van der Waals surface area contributed by atoms with Crippen LogP contribution in [0, 0.1) is 13.8 Å². The number of hydrogen-bond donors (Lipinski definition) is 2. The number of anilines is 4. The molecular formula is C14H14N2. The molecule has 0 saturated heterocycles. The van der Waals surface area contributed by atoms with Crippen molar-refractivity contribution in [2.75, 3.05) is 10.6 Å². The summed E-state index contributed by atoms with van der Waals surface area (Å²) in [6.45, 7) is 4.21. The highest BCUT2D eigenvalue weighted by molar-refractivity contribution is 5.90. The number of fused-ring (bicyclic) bond motifs is 2. The third-order valence-electron chi connectivity index (χ3n) is 2.89. The molecule has 16 heavy (non-hydrogen) atoms. The van der Waals surface area contributed by atoms with Crippen LogP contribution in [-0.4, -0.2) is 0 Å². The van der Waals surface area contributed by atoms with E-state index in [0.29, 0.717) is 0 Å². The number of benzene rings is 2. The lowest BCUT2D eigenvalue weighted by Crippen LogP contribution is -2.06. The largest absolute Gasteiger partial charge is 0.352 e. The van der Waals surface area contributed by atoms with Gasteiger partial charge in [0.15, 0.2) is 0 Å². The van der Waals surface area contributed by atoms with Gasteiger partial charge in [-0.25, -0.2) is 0 Å². The van der Waals surface area contributed by atoms with Gasteiger partial charge >= 0.3 is 0 Å². The molecule has 0 amide bonds. The molecule has 2 aromatic rings. The van der Waals surface area contributed by atoms with Crippen molar-refractivity contribution in [3.63, 3.8) is 0 Å². The highest BCUT2D eigenvalue weighted by atomic mass is 15.0. The Morgan fingerprint density at radius 1 is 0.625 bits per heavy atom. The summed E-state index contributed by atoms with van der Waals surface area (Å²) >= 11 is 0. The zero-order valence-corrected chi connectivity index (χ0v) is 9.46. The van der Waals surface area contributed by atoms with Gasteiger partial charge in [0.25, 0.3) is 0 Å². The van der Waals surface area contributed by atoms with Gasteiger partial charge in [-0.3, -0.25) is 0 Å². The van der Waals surface area contributed by atoms with Crippen LogP contribution in [0.1, 0.15) is 11.1 Å². The molecule has 2 nitrogen and oxygen atoms in total. The number of aryl methyl sites for hydroxylation is 2. The van der Waals surface area contributed by atoms with E-state index in [2.05, 4.69) is 60.9 Å².